The van der Waals surface area contributed by atoms with Gasteiger partial charge in [-0.2, -0.15) is 0 Å². The van der Waals surface area contributed by atoms with Crippen LogP contribution in [0.4, 0.5) is 17.1 Å². The quantitative estimate of drug-likeness (QED) is 0.147. The molecule has 0 bridgehead atoms. The normalized spacial score (nSPS) is 16.0. The summed E-state index contributed by atoms with van der Waals surface area (Å²) in [6.07, 6.45) is 0. The van der Waals surface area contributed by atoms with Crippen LogP contribution in [0.5, 0.6) is 0 Å². The maximum absolute atomic E-state index is 2.53. The van der Waals surface area contributed by atoms with Crippen LogP contribution in [0.25, 0.3) is 33.4 Å². The van der Waals surface area contributed by atoms with Crippen molar-refractivity contribution in [1.29, 1.82) is 0 Å². The Morgan fingerprint density at radius 2 is 0.535 bits per heavy atom. The van der Waals surface area contributed by atoms with E-state index in [0.717, 1.165) is 17.1 Å². The van der Waals surface area contributed by atoms with E-state index >= 15 is 0 Å². The molecule has 71 heavy (non-hydrogen) atoms. The largest absolute Gasteiger partial charge is 0.310 e. The highest BCUT2D eigenvalue weighted by molar-refractivity contribution is 5.94. The van der Waals surface area contributed by atoms with Gasteiger partial charge >= 0.3 is 0 Å². The lowest BCUT2D eigenvalue weighted by molar-refractivity contribution is 0.714. The van der Waals surface area contributed by atoms with E-state index in [9.17, 15) is 0 Å². The Bertz CT molecular complexity index is 3740. The number of benzene rings is 11. The van der Waals surface area contributed by atoms with Gasteiger partial charge in [0.05, 0.1) is 10.8 Å². The molecule has 14 rings (SSSR count). The number of rotatable bonds is 8. The second-order valence-electron chi connectivity index (χ2n) is 19.6. The van der Waals surface area contributed by atoms with Crippen molar-refractivity contribution in [2.45, 2.75) is 23.2 Å². The highest BCUT2D eigenvalue weighted by Crippen LogP contribution is 2.60. The summed E-state index contributed by atoms with van der Waals surface area (Å²) in [6, 6.07) is 104. The van der Waals surface area contributed by atoms with E-state index in [1.807, 2.05) is 0 Å². The summed E-state index contributed by atoms with van der Waals surface area (Å²) in [5, 5.41) is 0. The maximum atomic E-state index is 2.53. The van der Waals surface area contributed by atoms with Crippen molar-refractivity contribution in [2.24, 2.45) is 0 Å². The zero-order valence-corrected chi connectivity index (χ0v) is 39.5. The van der Waals surface area contributed by atoms with Gasteiger partial charge in [0.1, 0.15) is 0 Å². The number of anilines is 3. The van der Waals surface area contributed by atoms with Gasteiger partial charge in [0.25, 0.3) is 0 Å². The van der Waals surface area contributed by atoms with E-state index in [-0.39, 0.29) is 5.41 Å². The average molecular weight is 904 g/mol. The van der Waals surface area contributed by atoms with Crippen molar-refractivity contribution in [3.05, 3.63) is 340 Å². The Labute approximate surface area is 416 Å². The predicted octanol–water partition coefficient (Wildman–Crippen LogP) is 17.2. The summed E-state index contributed by atoms with van der Waals surface area (Å²) < 4.78 is 0. The number of nitrogens with zero attached hydrogens (tertiary/aromatic N) is 1. The molecule has 1 nitrogen and oxygen atoms in total. The third-order valence-electron chi connectivity index (χ3n) is 16.3. The molecule has 0 aromatic heterocycles. The summed E-state index contributed by atoms with van der Waals surface area (Å²) >= 11 is 0. The fourth-order valence-corrected chi connectivity index (χ4v) is 13.3. The summed E-state index contributed by atoms with van der Waals surface area (Å²) in [5.41, 5.74) is 23.6. The van der Waals surface area contributed by atoms with Crippen LogP contribution >= 0.6 is 0 Å². The van der Waals surface area contributed by atoms with Gasteiger partial charge in [0.15, 0.2) is 0 Å². The van der Waals surface area contributed by atoms with Crippen LogP contribution in [0.3, 0.4) is 0 Å². The van der Waals surface area contributed by atoms with Crippen molar-refractivity contribution < 1.29 is 0 Å². The minimum absolute atomic E-state index is 0.369. The van der Waals surface area contributed by atoms with Crippen LogP contribution in [0, 0.1) is 0 Å². The van der Waals surface area contributed by atoms with Gasteiger partial charge in [-0.1, -0.05) is 243 Å². The lowest BCUT2D eigenvalue weighted by Gasteiger charge is -2.35. The average Bonchev–Trinajstić information content (AvgIpc) is 4.02. The molecule has 0 spiro atoms. The molecule has 0 saturated heterocycles. The zero-order valence-electron chi connectivity index (χ0n) is 39.5. The van der Waals surface area contributed by atoms with Crippen LogP contribution in [-0.2, 0) is 16.2 Å². The number of fused-ring (bicyclic) bond motifs is 9. The number of hydrogen-bond donors (Lipinski definition) is 0. The summed E-state index contributed by atoms with van der Waals surface area (Å²) in [6.45, 7) is 2.42. The fourth-order valence-electron chi connectivity index (χ4n) is 13.3. The van der Waals surface area contributed by atoms with Crippen molar-refractivity contribution >= 4 is 17.1 Å². The fraction of sp³-hybridized carbons (Fsp3) is 0.0571. The van der Waals surface area contributed by atoms with Gasteiger partial charge < -0.3 is 4.90 Å². The highest BCUT2D eigenvalue weighted by atomic mass is 15.1. The standard InChI is InChI=1S/C70H49N/c1-68(48-23-7-2-8-24-48)62-36-20-17-33-56(62)59-42-39-54(46-66(59)68)71(53-41-44-65-61(45-53)58-35-19-22-38-64(58)69(65,49-25-9-3-10-26-49)50-27-11-4-12-28-50)55-40-43-60-57-34-18-21-37-63(57)70(67(60)47-55,51-29-13-5-14-30-51)52-31-15-6-16-32-52/h2-47H,1H3. The number of hydrogen-bond acceptors (Lipinski definition) is 1. The van der Waals surface area contributed by atoms with Gasteiger partial charge in [0, 0.05) is 22.5 Å². The van der Waals surface area contributed by atoms with Crippen molar-refractivity contribution in [2.75, 3.05) is 4.90 Å². The van der Waals surface area contributed by atoms with Gasteiger partial charge in [0.2, 0.25) is 0 Å². The predicted molar refractivity (Wildman–Crippen MR) is 293 cm³/mol. The van der Waals surface area contributed by atoms with E-state index in [0.29, 0.717) is 0 Å². The summed E-state index contributed by atoms with van der Waals surface area (Å²) in [4.78, 5) is 2.53. The Morgan fingerprint density at radius 3 is 1.03 bits per heavy atom. The molecule has 0 radical (unpaired) electrons. The third-order valence-corrected chi connectivity index (χ3v) is 16.3. The van der Waals surface area contributed by atoms with E-state index in [1.165, 1.54) is 94.6 Å². The molecule has 3 aliphatic carbocycles. The molecule has 3 aliphatic rings. The van der Waals surface area contributed by atoms with E-state index < -0.39 is 10.8 Å². The molecule has 0 N–H and O–H groups in total. The first-order valence-electron chi connectivity index (χ1n) is 24.9. The molecule has 11 aromatic rings. The van der Waals surface area contributed by atoms with Crippen LogP contribution < -0.4 is 4.90 Å². The lowest BCUT2D eigenvalue weighted by atomic mass is 9.67. The molecule has 0 aliphatic heterocycles. The van der Waals surface area contributed by atoms with E-state index in [2.05, 4.69) is 291 Å². The Morgan fingerprint density at radius 1 is 0.225 bits per heavy atom. The minimum Gasteiger partial charge on any atom is -0.310 e. The van der Waals surface area contributed by atoms with Gasteiger partial charge in [-0.25, -0.2) is 0 Å². The topological polar surface area (TPSA) is 3.24 Å². The molecule has 0 heterocycles. The highest BCUT2D eigenvalue weighted by Gasteiger charge is 2.48. The molecular weight excluding hydrogens is 855 g/mol. The SMILES string of the molecule is CC1(c2ccccc2)c2ccccc2-c2ccc(N(c3ccc4c(c3)-c3ccccc3C4(c3ccccc3)c3ccccc3)c3ccc4c(c3)C(c3ccccc3)(c3ccccc3)c3ccccc3-4)cc21. The lowest BCUT2D eigenvalue weighted by Crippen LogP contribution is -2.29. The second-order valence-corrected chi connectivity index (χ2v) is 19.6. The Hall–Kier alpha value is -8.78. The molecule has 1 unspecified atom stereocenters. The van der Waals surface area contributed by atoms with Gasteiger partial charge in [-0.15, -0.1) is 0 Å². The monoisotopic (exact) mass is 903 g/mol. The maximum Gasteiger partial charge on any atom is 0.0714 e. The molecular formula is C70H49N. The van der Waals surface area contributed by atoms with E-state index in [1.54, 1.807) is 0 Å². The molecule has 334 valence electrons. The first-order valence-corrected chi connectivity index (χ1v) is 24.9. The van der Waals surface area contributed by atoms with Crippen LogP contribution in [-0.4, -0.2) is 0 Å². The first kappa shape index (κ1) is 41.2. The second kappa shape index (κ2) is 15.9. The summed E-state index contributed by atoms with van der Waals surface area (Å²) in [5.74, 6) is 0. The van der Waals surface area contributed by atoms with Gasteiger partial charge in [-0.05, 0) is 138 Å². The molecule has 0 amide bonds. The minimum atomic E-state index is -0.552. The van der Waals surface area contributed by atoms with Crippen molar-refractivity contribution in [1.82, 2.24) is 0 Å². The van der Waals surface area contributed by atoms with Gasteiger partial charge in [-0.3, -0.25) is 0 Å². The molecule has 1 atom stereocenters. The van der Waals surface area contributed by atoms with Crippen LogP contribution in [0.2, 0.25) is 0 Å². The first-order chi connectivity index (χ1) is 35.1. The van der Waals surface area contributed by atoms with E-state index in [4.69, 9.17) is 0 Å². The van der Waals surface area contributed by atoms with Crippen LogP contribution in [0.15, 0.2) is 279 Å². The Balaban J connectivity index is 1.05. The third kappa shape index (κ3) is 5.75. The molecule has 1 heteroatoms. The molecule has 0 fully saturated rings. The van der Waals surface area contributed by atoms with Crippen molar-refractivity contribution in [3.8, 4) is 33.4 Å². The van der Waals surface area contributed by atoms with Crippen molar-refractivity contribution in [3.63, 3.8) is 0 Å². The molecule has 0 saturated carbocycles. The summed E-state index contributed by atoms with van der Waals surface area (Å²) in [7, 11) is 0. The Kier molecular flexibility index (Phi) is 9.22. The molecule has 11 aromatic carbocycles. The zero-order chi connectivity index (χ0) is 47.2. The van der Waals surface area contributed by atoms with Crippen LogP contribution in [0.1, 0.15) is 68.1 Å². The smallest absolute Gasteiger partial charge is 0.0714 e.